The van der Waals surface area contributed by atoms with Crippen molar-refractivity contribution in [1.82, 2.24) is 10.2 Å². The van der Waals surface area contributed by atoms with Crippen molar-refractivity contribution < 1.29 is 9.53 Å². The van der Waals surface area contributed by atoms with Crippen LogP contribution in [-0.2, 0) is 4.74 Å². The van der Waals surface area contributed by atoms with E-state index in [1.54, 1.807) is 4.90 Å². The van der Waals surface area contributed by atoms with Crippen LogP contribution in [0, 0.1) is 5.92 Å². The molecule has 2 atom stereocenters. The molecule has 0 aromatic carbocycles. The lowest BCUT2D eigenvalue weighted by Gasteiger charge is -2.29. The Morgan fingerprint density at radius 3 is 2.65 bits per heavy atom. The van der Waals surface area contributed by atoms with E-state index in [1.165, 1.54) is 6.42 Å². The summed E-state index contributed by atoms with van der Waals surface area (Å²) >= 11 is 0. The third-order valence-corrected chi connectivity index (χ3v) is 3.18. The van der Waals surface area contributed by atoms with Crippen LogP contribution >= 0.6 is 0 Å². The highest BCUT2D eigenvalue weighted by Gasteiger charge is 2.25. The van der Waals surface area contributed by atoms with Gasteiger partial charge in [-0.05, 0) is 59.5 Å². The molecule has 1 saturated heterocycles. The van der Waals surface area contributed by atoms with Gasteiger partial charge in [-0.25, -0.2) is 4.79 Å². The van der Waals surface area contributed by atoms with Gasteiger partial charge in [-0.15, -0.1) is 0 Å². The number of carbonyl (C=O) groups excluding carboxylic acids is 1. The Balaban J connectivity index is 2.39. The van der Waals surface area contributed by atoms with Crippen LogP contribution in [0.25, 0.3) is 0 Å². The normalized spacial score (nSPS) is 22.3. The molecule has 4 nitrogen and oxygen atoms in total. The zero-order valence-corrected chi connectivity index (χ0v) is 11.7. The molecule has 1 N–H and O–H groups in total. The van der Waals surface area contributed by atoms with E-state index >= 15 is 0 Å². The fourth-order valence-electron chi connectivity index (χ4n) is 2.07. The second-order valence-electron chi connectivity index (χ2n) is 6.03. The van der Waals surface area contributed by atoms with Gasteiger partial charge in [-0.1, -0.05) is 0 Å². The average Bonchev–Trinajstić information content (AvgIpc) is 2.66. The van der Waals surface area contributed by atoms with E-state index in [1.807, 2.05) is 27.8 Å². The highest BCUT2D eigenvalue weighted by Crippen LogP contribution is 2.18. The lowest BCUT2D eigenvalue weighted by molar-refractivity contribution is 0.0219. The van der Waals surface area contributed by atoms with Crippen molar-refractivity contribution in [2.24, 2.45) is 5.92 Å². The summed E-state index contributed by atoms with van der Waals surface area (Å²) in [6.07, 6.45) is 2.03. The van der Waals surface area contributed by atoms with Crippen LogP contribution in [0.3, 0.4) is 0 Å². The minimum absolute atomic E-state index is 0.226. The van der Waals surface area contributed by atoms with Crippen molar-refractivity contribution in [3.63, 3.8) is 0 Å². The molecule has 0 bridgehead atoms. The summed E-state index contributed by atoms with van der Waals surface area (Å²) < 4.78 is 5.36. The zero-order chi connectivity index (χ0) is 13.1. The van der Waals surface area contributed by atoms with Crippen molar-refractivity contribution in [3.8, 4) is 0 Å². The summed E-state index contributed by atoms with van der Waals surface area (Å²) in [5, 5.41) is 3.35. The van der Waals surface area contributed by atoms with E-state index in [-0.39, 0.29) is 12.1 Å². The molecule has 100 valence electrons. The van der Waals surface area contributed by atoms with E-state index in [9.17, 15) is 4.79 Å². The monoisotopic (exact) mass is 242 g/mol. The SMILES string of the molecule is CC(CC1CCNC1)N(C)C(=O)OC(C)(C)C. The van der Waals surface area contributed by atoms with Crippen LogP contribution < -0.4 is 5.32 Å². The molecule has 1 aliphatic heterocycles. The molecular formula is C13H26N2O2. The number of ether oxygens (including phenoxy) is 1. The fraction of sp³-hybridized carbons (Fsp3) is 0.923. The van der Waals surface area contributed by atoms with Crippen LogP contribution in [-0.4, -0.2) is 42.8 Å². The first-order valence-corrected chi connectivity index (χ1v) is 6.46. The Kier molecular flexibility index (Phi) is 4.80. The number of nitrogens with one attached hydrogen (secondary N) is 1. The van der Waals surface area contributed by atoms with Crippen LogP contribution in [0.15, 0.2) is 0 Å². The van der Waals surface area contributed by atoms with Gasteiger partial charge in [0.15, 0.2) is 0 Å². The summed E-state index contributed by atoms with van der Waals surface area (Å²) in [5.41, 5.74) is -0.417. The summed E-state index contributed by atoms with van der Waals surface area (Å²) in [6, 6.07) is 0.231. The Labute approximate surface area is 105 Å². The molecular weight excluding hydrogens is 216 g/mol. The van der Waals surface area contributed by atoms with Gasteiger partial charge in [0.05, 0.1) is 0 Å². The third-order valence-electron chi connectivity index (χ3n) is 3.18. The topological polar surface area (TPSA) is 41.6 Å². The van der Waals surface area contributed by atoms with Crippen LogP contribution in [0.1, 0.15) is 40.5 Å². The van der Waals surface area contributed by atoms with Gasteiger partial charge in [0, 0.05) is 13.1 Å². The minimum atomic E-state index is -0.417. The first-order valence-electron chi connectivity index (χ1n) is 6.46. The summed E-state index contributed by atoms with van der Waals surface area (Å²) in [7, 11) is 1.82. The van der Waals surface area contributed by atoms with Crippen LogP contribution in [0.2, 0.25) is 0 Å². The summed E-state index contributed by atoms with van der Waals surface area (Å²) in [5.74, 6) is 0.690. The largest absolute Gasteiger partial charge is 0.444 e. The van der Waals surface area contributed by atoms with Crippen molar-refractivity contribution in [2.45, 2.75) is 52.2 Å². The van der Waals surface area contributed by atoms with Gasteiger partial charge in [0.2, 0.25) is 0 Å². The predicted octanol–water partition coefficient (Wildman–Crippen LogP) is 2.24. The second kappa shape index (κ2) is 5.71. The molecule has 1 fully saturated rings. The standard InChI is InChI=1S/C13H26N2O2/c1-10(8-11-6-7-14-9-11)15(5)12(16)17-13(2,3)4/h10-11,14H,6-9H2,1-5H3. The van der Waals surface area contributed by atoms with Gasteiger partial charge < -0.3 is 15.0 Å². The average molecular weight is 242 g/mol. The molecule has 0 aliphatic carbocycles. The maximum atomic E-state index is 11.9. The van der Waals surface area contributed by atoms with Crippen molar-refractivity contribution in [2.75, 3.05) is 20.1 Å². The Morgan fingerprint density at radius 2 is 2.18 bits per heavy atom. The number of amides is 1. The van der Waals surface area contributed by atoms with E-state index in [2.05, 4.69) is 12.2 Å². The van der Waals surface area contributed by atoms with Crippen LogP contribution in [0.4, 0.5) is 4.79 Å². The Morgan fingerprint density at radius 1 is 1.53 bits per heavy atom. The molecule has 1 rings (SSSR count). The molecule has 2 unspecified atom stereocenters. The third kappa shape index (κ3) is 4.94. The molecule has 4 heteroatoms. The minimum Gasteiger partial charge on any atom is -0.444 e. The van der Waals surface area contributed by atoms with Gasteiger partial charge in [-0.3, -0.25) is 0 Å². The number of nitrogens with zero attached hydrogens (tertiary/aromatic N) is 1. The number of carbonyl (C=O) groups is 1. The van der Waals surface area contributed by atoms with Crippen LogP contribution in [0.5, 0.6) is 0 Å². The van der Waals surface area contributed by atoms with Crippen molar-refractivity contribution >= 4 is 6.09 Å². The smallest absolute Gasteiger partial charge is 0.410 e. The van der Waals surface area contributed by atoms with E-state index < -0.39 is 5.60 Å². The molecule has 0 spiro atoms. The van der Waals surface area contributed by atoms with E-state index in [4.69, 9.17) is 4.74 Å². The molecule has 17 heavy (non-hydrogen) atoms. The van der Waals surface area contributed by atoms with E-state index in [0.717, 1.165) is 19.5 Å². The number of hydrogen-bond acceptors (Lipinski definition) is 3. The lowest BCUT2D eigenvalue weighted by Crippen LogP contribution is -2.40. The molecule has 1 aliphatic rings. The molecule has 1 heterocycles. The maximum absolute atomic E-state index is 11.9. The quantitative estimate of drug-likeness (QED) is 0.825. The number of hydrogen-bond donors (Lipinski definition) is 1. The highest BCUT2D eigenvalue weighted by atomic mass is 16.6. The van der Waals surface area contributed by atoms with Gasteiger partial charge in [0.25, 0.3) is 0 Å². The fourth-order valence-corrected chi connectivity index (χ4v) is 2.07. The molecule has 1 amide bonds. The predicted molar refractivity (Wildman–Crippen MR) is 69.1 cm³/mol. The maximum Gasteiger partial charge on any atom is 0.410 e. The molecule has 0 radical (unpaired) electrons. The first kappa shape index (κ1) is 14.3. The lowest BCUT2D eigenvalue weighted by atomic mass is 9.99. The first-order chi connectivity index (χ1) is 7.79. The van der Waals surface area contributed by atoms with E-state index in [0.29, 0.717) is 5.92 Å². The summed E-state index contributed by atoms with van der Waals surface area (Å²) in [4.78, 5) is 13.6. The molecule has 0 aromatic rings. The second-order valence-corrected chi connectivity index (χ2v) is 6.03. The van der Waals surface area contributed by atoms with Gasteiger partial charge in [0.1, 0.15) is 5.60 Å². The highest BCUT2D eigenvalue weighted by molar-refractivity contribution is 5.68. The Hall–Kier alpha value is -0.770. The zero-order valence-electron chi connectivity index (χ0n) is 11.7. The molecule has 0 saturated carbocycles. The molecule has 0 aromatic heterocycles. The summed E-state index contributed by atoms with van der Waals surface area (Å²) in [6.45, 7) is 9.95. The van der Waals surface area contributed by atoms with Crippen molar-refractivity contribution in [3.05, 3.63) is 0 Å². The van der Waals surface area contributed by atoms with Crippen molar-refractivity contribution in [1.29, 1.82) is 0 Å². The Bertz CT molecular complexity index is 255. The van der Waals surface area contributed by atoms with Gasteiger partial charge >= 0.3 is 6.09 Å². The van der Waals surface area contributed by atoms with Gasteiger partial charge in [-0.2, -0.15) is 0 Å². The number of rotatable bonds is 3.